The van der Waals surface area contributed by atoms with Crippen LogP contribution in [0.1, 0.15) is 22.8 Å². The van der Waals surface area contributed by atoms with E-state index in [0.29, 0.717) is 5.56 Å². The smallest absolute Gasteiger partial charge is 0.150 e. The molecule has 0 fully saturated rings. The van der Waals surface area contributed by atoms with Crippen molar-refractivity contribution in [3.05, 3.63) is 33.7 Å². The molecule has 0 atom stereocenters. The van der Waals surface area contributed by atoms with E-state index in [2.05, 4.69) is 6.92 Å². The molecule has 1 heterocycles. The van der Waals surface area contributed by atoms with E-state index in [-0.39, 0.29) is 0 Å². The number of halogens is 1. The predicted octanol–water partition coefficient (Wildman–Crippen LogP) is 3.93. The number of carbonyl (C=O) groups excluding carboxylic acids is 1. The minimum absolute atomic E-state index is 0.707. The van der Waals surface area contributed by atoms with E-state index >= 15 is 0 Å². The van der Waals surface area contributed by atoms with Crippen LogP contribution >= 0.6 is 22.9 Å². The van der Waals surface area contributed by atoms with E-state index < -0.39 is 0 Å². The number of carbonyl (C=O) groups is 1. The summed E-state index contributed by atoms with van der Waals surface area (Å²) in [7, 11) is 0. The lowest BCUT2D eigenvalue weighted by molar-refractivity contribution is 0.112. The highest BCUT2D eigenvalue weighted by atomic mass is 35.5. The number of rotatable bonds is 2. The predicted molar refractivity (Wildman–Crippen MR) is 61.6 cm³/mol. The second-order valence-corrected chi connectivity index (χ2v) is 4.74. The molecule has 72 valence electrons. The van der Waals surface area contributed by atoms with Crippen LogP contribution in [0.4, 0.5) is 0 Å². The molecule has 3 heteroatoms. The summed E-state index contributed by atoms with van der Waals surface area (Å²) in [5.74, 6) is 0. The highest BCUT2D eigenvalue weighted by Gasteiger charge is 2.08. The van der Waals surface area contributed by atoms with E-state index in [1.54, 1.807) is 0 Å². The number of aldehydes is 1. The first-order chi connectivity index (χ1) is 6.76. The van der Waals surface area contributed by atoms with Crippen molar-refractivity contribution in [2.24, 2.45) is 0 Å². The molecule has 2 rings (SSSR count). The van der Waals surface area contributed by atoms with Gasteiger partial charge >= 0.3 is 0 Å². The van der Waals surface area contributed by atoms with E-state index in [1.807, 2.05) is 18.2 Å². The van der Waals surface area contributed by atoms with Crippen LogP contribution in [0, 0.1) is 0 Å². The van der Waals surface area contributed by atoms with Crippen LogP contribution in [-0.2, 0) is 6.42 Å². The molecule has 0 unspecified atom stereocenters. The third-order valence-electron chi connectivity index (χ3n) is 2.26. The first-order valence-electron chi connectivity index (χ1n) is 4.42. The minimum atomic E-state index is 0.707. The fourth-order valence-corrected chi connectivity index (χ4v) is 3.09. The Morgan fingerprint density at radius 2 is 2.29 bits per heavy atom. The van der Waals surface area contributed by atoms with Gasteiger partial charge in [0.1, 0.15) is 6.29 Å². The number of fused-ring (bicyclic) bond motifs is 1. The molecule has 0 saturated carbocycles. The first kappa shape index (κ1) is 9.69. The molecule has 0 aliphatic heterocycles. The Kier molecular flexibility index (Phi) is 2.57. The second-order valence-electron chi connectivity index (χ2n) is 3.08. The Bertz CT molecular complexity index is 487. The molecular formula is C11H9ClOS. The third kappa shape index (κ3) is 1.45. The average molecular weight is 225 g/mol. The fraction of sp³-hybridized carbons (Fsp3) is 0.182. The summed E-state index contributed by atoms with van der Waals surface area (Å²) < 4.78 is 1.93. The molecule has 2 aromatic rings. The van der Waals surface area contributed by atoms with Gasteiger partial charge in [-0.1, -0.05) is 30.7 Å². The van der Waals surface area contributed by atoms with Gasteiger partial charge in [0.05, 0.1) is 4.34 Å². The van der Waals surface area contributed by atoms with Gasteiger partial charge in [-0.25, -0.2) is 0 Å². The fourth-order valence-electron chi connectivity index (χ4n) is 1.54. The molecule has 1 aromatic carbocycles. The quantitative estimate of drug-likeness (QED) is 0.707. The molecule has 0 amide bonds. The normalized spacial score (nSPS) is 10.7. The van der Waals surface area contributed by atoms with Crippen LogP contribution < -0.4 is 0 Å². The maximum absolute atomic E-state index is 10.6. The lowest BCUT2D eigenvalue weighted by Gasteiger charge is -1.94. The van der Waals surface area contributed by atoms with Crippen molar-refractivity contribution in [1.29, 1.82) is 0 Å². The lowest BCUT2D eigenvalue weighted by atomic mass is 10.1. The number of hydrogen-bond acceptors (Lipinski definition) is 2. The largest absolute Gasteiger partial charge is 0.298 e. The highest BCUT2D eigenvalue weighted by molar-refractivity contribution is 7.23. The van der Waals surface area contributed by atoms with Crippen LogP contribution in [0.5, 0.6) is 0 Å². The number of benzene rings is 1. The van der Waals surface area contributed by atoms with Gasteiger partial charge in [-0.15, -0.1) is 11.3 Å². The van der Waals surface area contributed by atoms with E-state index in [4.69, 9.17) is 11.6 Å². The van der Waals surface area contributed by atoms with Gasteiger partial charge < -0.3 is 0 Å². The summed E-state index contributed by atoms with van der Waals surface area (Å²) in [6.07, 6.45) is 1.79. The van der Waals surface area contributed by atoms with Gasteiger partial charge in [-0.3, -0.25) is 4.79 Å². The van der Waals surface area contributed by atoms with E-state index in [0.717, 1.165) is 21.7 Å². The maximum atomic E-state index is 10.6. The number of aryl methyl sites for hydroxylation is 1. The summed E-state index contributed by atoms with van der Waals surface area (Å²) in [5.41, 5.74) is 1.89. The first-order valence-corrected chi connectivity index (χ1v) is 5.61. The zero-order valence-corrected chi connectivity index (χ0v) is 9.28. The molecular weight excluding hydrogens is 216 g/mol. The van der Waals surface area contributed by atoms with Crippen molar-refractivity contribution in [2.45, 2.75) is 13.3 Å². The summed E-state index contributed by atoms with van der Waals surface area (Å²) in [6.45, 7) is 2.08. The zero-order chi connectivity index (χ0) is 10.1. The van der Waals surface area contributed by atoms with Crippen LogP contribution in [0.15, 0.2) is 18.2 Å². The van der Waals surface area contributed by atoms with Gasteiger partial charge in [0.2, 0.25) is 0 Å². The average Bonchev–Trinajstić information content (AvgIpc) is 2.51. The Balaban J connectivity index is 2.74. The summed E-state index contributed by atoms with van der Waals surface area (Å²) in [4.78, 5) is 10.6. The molecule has 0 bridgehead atoms. The molecule has 14 heavy (non-hydrogen) atoms. The Morgan fingerprint density at radius 1 is 1.50 bits per heavy atom. The van der Waals surface area contributed by atoms with Crippen LogP contribution in [0.3, 0.4) is 0 Å². The molecule has 0 aliphatic rings. The SMILES string of the molecule is CCc1c(Cl)sc2cc(C=O)ccc12. The van der Waals surface area contributed by atoms with Gasteiger partial charge in [0.15, 0.2) is 0 Å². The molecule has 0 radical (unpaired) electrons. The summed E-state index contributed by atoms with van der Waals surface area (Å²) in [5, 5.41) is 1.17. The van der Waals surface area contributed by atoms with Crippen molar-refractivity contribution in [3.8, 4) is 0 Å². The summed E-state index contributed by atoms with van der Waals surface area (Å²) in [6, 6.07) is 5.69. The highest BCUT2D eigenvalue weighted by Crippen LogP contribution is 2.35. The molecule has 1 nitrogen and oxygen atoms in total. The van der Waals surface area contributed by atoms with Crippen molar-refractivity contribution >= 4 is 39.3 Å². The number of thiophene rings is 1. The standard InChI is InChI=1S/C11H9ClOS/c1-2-8-9-4-3-7(6-13)5-10(9)14-11(8)12/h3-6H,2H2,1H3. The lowest BCUT2D eigenvalue weighted by Crippen LogP contribution is -1.79. The van der Waals surface area contributed by atoms with Gasteiger partial charge in [0.25, 0.3) is 0 Å². The van der Waals surface area contributed by atoms with Crippen molar-refractivity contribution in [1.82, 2.24) is 0 Å². The Hall–Kier alpha value is -0.860. The van der Waals surface area contributed by atoms with Gasteiger partial charge in [-0.05, 0) is 23.4 Å². The van der Waals surface area contributed by atoms with E-state index in [1.165, 1.54) is 22.3 Å². The molecule has 0 spiro atoms. The molecule has 0 saturated heterocycles. The maximum Gasteiger partial charge on any atom is 0.150 e. The van der Waals surface area contributed by atoms with Gasteiger partial charge in [0, 0.05) is 10.3 Å². The van der Waals surface area contributed by atoms with Crippen molar-refractivity contribution in [3.63, 3.8) is 0 Å². The van der Waals surface area contributed by atoms with Crippen LogP contribution in [-0.4, -0.2) is 6.29 Å². The van der Waals surface area contributed by atoms with Crippen LogP contribution in [0.2, 0.25) is 4.34 Å². The molecule has 1 aromatic heterocycles. The molecule has 0 N–H and O–H groups in total. The van der Waals surface area contributed by atoms with Crippen molar-refractivity contribution < 1.29 is 4.79 Å². The monoisotopic (exact) mass is 224 g/mol. The van der Waals surface area contributed by atoms with Crippen LogP contribution in [0.25, 0.3) is 10.1 Å². The number of hydrogen-bond donors (Lipinski definition) is 0. The minimum Gasteiger partial charge on any atom is -0.298 e. The summed E-state index contributed by atoms with van der Waals surface area (Å²) >= 11 is 7.63. The van der Waals surface area contributed by atoms with Crippen molar-refractivity contribution in [2.75, 3.05) is 0 Å². The van der Waals surface area contributed by atoms with Gasteiger partial charge in [-0.2, -0.15) is 0 Å². The zero-order valence-electron chi connectivity index (χ0n) is 7.71. The third-order valence-corrected chi connectivity index (χ3v) is 3.70. The molecule has 0 aliphatic carbocycles. The Labute approximate surface area is 91.3 Å². The topological polar surface area (TPSA) is 17.1 Å². The Morgan fingerprint density at radius 3 is 2.93 bits per heavy atom. The second kappa shape index (κ2) is 3.71. The van der Waals surface area contributed by atoms with E-state index in [9.17, 15) is 4.79 Å².